The summed E-state index contributed by atoms with van der Waals surface area (Å²) in [4.78, 5) is 19.4. The van der Waals surface area contributed by atoms with Crippen LogP contribution in [-0.2, 0) is 4.74 Å². The Morgan fingerprint density at radius 1 is 1.25 bits per heavy atom. The highest BCUT2D eigenvalue weighted by Crippen LogP contribution is 2.18. The number of ether oxygens (including phenoxy) is 1. The van der Waals surface area contributed by atoms with E-state index in [2.05, 4.69) is 29.0 Å². The number of hydrogen-bond donors (Lipinski definition) is 1. The molecule has 1 atom stereocenters. The first-order valence-corrected chi connectivity index (χ1v) is 11.1. The van der Waals surface area contributed by atoms with Gasteiger partial charge in [0.1, 0.15) is 0 Å². The number of nitrogens with one attached hydrogen (secondary N) is 1. The van der Waals surface area contributed by atoms with E-state index in [0.29, 0.717) is 24.1 Å². The molecule has 0 bridgehead atoms. The third kappa shape index (κ3) is 5.37. The second kappa shape index (κ2) is 10.1. The summed E-state index contributed by atoms with van der Waals surface area (Å²) in [6.45, 7) is 8.54. The summed E-state index contributed by atoms with van der Waals surface area (Å²) in [7, 11) is 0. The summed E-state index contributed by atoms with van der Waals surface area (Å²) >= 11 is 1.60. The lowest BCUT2D eigenvalue weighted by Crippen LogP contribution is -2.49. The Balaban J connectivity index is 1.61. The van der Waals surface area contributed by atoms with Crippen LogP contribution in [0.3, 0.4) is 0 Å². The number of thioether (sulfide) groups is 1. The number of hydrogen-bond acceptors (Lipinski definition) is 5. The molecule has 7 heteroatoms. The minimum Gasteiger partial charge on any atom is -0.379 e. The van der Waals surface area contributed by atoms with Crippen molar-refractivity contribution in [3.05, 3.63) is 42.2 Å². The predicted octanol–water partition coefficient (Wildman–Crippen LogP) is 3.07. The molecule has 1 aromatic carbocycles. The third-order valence-corrected chi connectivity index (χ3v) is 5.67. The second-order valence-electron chi connectivity index (χ2n) is 7.47. The fourth-order valence-electron chi connectivity index (χ4n) is 3.57. The summed E-state index contributed by atoms with van der Waals surface area (Å²) in [5.74, 6) is 0.564. The highest BCUT2D eigenvalue weighted by Gasteiger charge is 2.22. The van der Waals surface area contributed by atoms with E-state index in [0.717, 1.165) is 43.6 Å². The van der Waals surface area contributed by atoms with Crippen molar-refractivity contribution in [2.24, 2.45) is 5.92 Å². The molecule has 1 fully saturated rings. The molecule has 1 aliphatic heterocycles. The zero-order valence-electron chi connectivity index (χ0n) is 16.9. The van der Waals surface area contributed by atoms with Crippen LogP contribution >= 0.6 is 11.8 Å². The SMILES string of the molecule is CSc1nccn1-c1ccc(C(=O)NCC(CC(C)C)N2CCOCC2)cc1. The smallest absolute Gasteiger partial charge is 0.251 e. The van der Waals surface area contributed by atoms with Crippen LogP contribution in [0, 0.1) is 5.92 Å². The first kappa shape index (κ1) is 20.9. The van der Waals surface area contributed by atoms with Gasteiger partial charge in [-0.15, -0.1) is 0 Å². The van der Waals surface area contributed by atoms with E-state index in [1.165, 1.54) is 0 Å². The number of carbonyl (C=O) groups is 1. The van der Waals surface area contributed by atoms with Crippen molar-refractivity contribution in [1.29, 1.82) is 0 Å². The number of benzene rings is 1. The van der Waals surface area contributed by atoms with Crippen molar-refractivity contribution >= 4 is 17.7 Å². The van der Waals surface area contributed by atoms with Crippen molar-refractivity contribution in [3.8, 4) is 5.69 Å². The zero-order chi connectivity index (χ0) is 19.9. The van der Waals surface area contributed by atoms with Gasteiger partial charge in [0.2, 0.25) is 0 Å². The predicted molar refractivity (Wildman–Crippen MR) is 113 cm³/mol. The van der Waals surface area contributed by atoms with Crippen molar-refractivity contribution in [3.63, 3.8) is 0 Å². The Morgan fingerprint density at radius 3 is 2.61 bits per heavy atom. The van der Waals surface area contributed by atoms with Gasteiger partial charge < -0.3 is 10.1 Å². The van der Waals surface area contributed by atoms with Crippen LogP contribution in [-0.4, -0.2) is 65.5 Å². The molecule has 0 saturated carbocycles. The molecular weight excluding hydrogens is 372 g/mol. The molecule has 1 saturated heterocycles. The number of amides is 1. The van der Waals surface area contributed by atoms with Gasteiger partial charge in [0.25, 0.3) is 5.91 Å². The van der Waals surface area contributed by atoms with Crippen LogP contribution in [0.1, 0.15) is 30.6 Å². The van der Waals surface area contributed by atoms with E-state index in [1.807, 2.05) is 41.3 Å². The van der Waals surface area contributed by atoms with E-state index in [4.69, 9.17) is 4.74 Å². The Kier molecular flexibility index (Phi) is 7.53. The molecule has 1 amide bonds. The molecule has 6 nitrogen and oxygen atoms in total. The standard InChI is InChI=1S/C21H30N4O2S/c1-16(2)14-19(24-10-12-27-13-11-24)15-23-20(26)17-4-6-18(7-5-17)25-9-8-22-21(25)28-3/h4-9,16,19H,10-15H2,1-3H3,(H,23,26). The fourth-order valence-corrected chi connectivity index (χ4v) is 4.10. The lowest BCUT2D eigenvalue weighted by molar-refractivity contribution is 0.0124. The van der Waals surface area contributed by atoms with Crippen LogP contribution in [0.2, 0.25) is 0 Å². The van der Waals surface area contributed by atoms with Crippen molar-refractivity contribution in [2.75, 3.05) is 39.1 Å². The van der Waals surface area contributed by atoms with Gasteiger partial charge in [-0.3, -0.25) is 14.3 Å². The number of aromatic nitrogens is 2. The summed E-state index contributed by atoms with van der Waals surface area (Å²) in [5, 5.41) is 4.06. The third-order valence-electron chi connectivity index (χ3n) is 5.00. The lowest BCUT2D eigenvalue weighted by Gasteiger charge is -2.35. The minimum absolute atomic E-state index is 0.0238. The number of morpholine rings is 1. The van der Waals surface area contributed by atoms with Crippen LogP contribution in [0.5, 0.6) is 0 Å². The monoisotopic (exact) mass is 402 g/mol. The Bertz CT molecular complexity index is 754. The molecule has 1 N–H and O–H groups in total. The van der Waals surface area contributed by atoms with Gasteiger partial charge in [0.05, 0.1) is 13.2 Å². The van der Waals surface area contributed by atoms with Crippen LogP contribution in [0.25, 0.3) is 5.69 Å². The van der Waals surface area contributed by atoms with Gasteiger partial charge in [-0.1, -0.05) is 25.6 Å². The van der Waals surface area contributed by atoms with Crippen molar-refractivity contribution in [1.82, 2.24) is 19.8 Å². The maximum absolute atomic E-state index is 12.7. The molecule has 0 radical (unpaired) electrons. The van der Waals surface area contributed by atoms with Gasteiger partial charge in [0, 0.05) is 49.3 Å². The first-order valence-electron chi connectivity index (χ1n) is 9.86. The zero-order valence-corrected chi connectivity index (χ0v) is 17.7. The molecule has 152 valence electrons. The van der Waals surface area contributed by atoms with Gasteiger partial charge in [0.15, 0.2) is 5.16 Å². The van der Waals surface area contributed by atoms with E-state index < -0.39 is 0 Å². The largest absolute Gasteiger partial charge is 0.379 e. The molecular formula is C21H30N4O2S. The molecule has 0 aliphatic carbocycles. The van der Waals surface area contributed by atoms with E-state index in [9.17, 15) is 4.79 Å². The topological polar surface area (TPSA) is 59.4 Å². The second-order valence-corrected chi connectivity index (χ2v) is 8.25. The quantitative estimate of drug-likeness (QED) is 0.688. The van der Waals surface area contributed by atoms with E-state index in [-0.39, 0.29) is 5.91 Å². The minimum atomic E-state index is -0.0238. The number of nitrogens with zero attached hydrogens (tertiary/aromatic N) is 3. The van der Waals surface area contributed by atoms with E-state index >= 15 is 0 Å². The Labute approximate surface area is 171 Å². The summed E-state index contributed by atoms with van der Waals surface area (Å²) in [5.41, 5.74) is 1.68. The van der Waals surface area contributed by atoms with E-state index in [1.54, 1.807) is 18.0 Å². The molecule has 1 aromatic heterocycles. The molecule has 28 heavy (non-hydrogen) atoms. The summed E-state index contributed by atoms with van der Waals surface area (Å²) < 4.78 is 7.49. The molecule has 2 heterocycles. The van der Waals surface area contributed by atoms with Crippen LogP contribution < -0.4 is 5.32 Å². The molecule has 1 unspecified atom stereocenters. The normalized spacial score (nSPS) is 16.3. The molecule has 0 spiro atoms. The van der Waals surface area contributed by atoms with Crippen LogP contribution in [0.15, 0.2) is 41.8 Å². The van der Waals surface area contributed by atoms with Gasteiger partial charge in [-0.05, 0) is 42.9 Å². The fraction of sp³-hybridized carbons (Fsp3) is 0.524. The van der Waals surface area contributed by atoms with Gasteiger partial charge >= 0.3 is 0 Å². The molecule has 3 rings (SSSR count). The lowest BCUT2D eigenvalue weighted by atomic mass is 10.0. The first-order chi connectivity index (χ1) is 13.6. The molecule has 1 aliphatic rings. The molecule has 2 aromatic rings. The van der Waals surface area contributed by atoms with Gasteiger partial charge in [-0.25, -0.2) is 4.98 Å². The van der Waals surface area contributed by atoms with Gasteiger partial charge in [-0.2, -0.15) is 0 Å². The highest BCUT2D eigenvalue weighted by molar-refractivity contribution is 7.98. The average molecular weight is 403 g/mol. The Morgan fingerprint density at radius 2 is 1.96 bits per heavy atom. The number of rotatable bonds is 8. The maximum Gasteiger partial charge on any atom is 0.251 e. The van der Waals surface area contributed by atoms with Crippen molar-refractivity contribution < 1.29 is 9.53 Å². The highest BCUT2D eigenvalue weighted by atomic mass is 32.2. The summed E-state index contributed by atoms with van der Waals surface area (Å²) in [6, 6.07) is 8.03. The summed E-state index contributed by atoms with van der Waals surface area (Å²) in [6.07, 6.45) is 6.78. The maximum atomic E-state index is 12.7. The Hall–Kier alpha value is -1.83. The van der Waals surface area contributed by atoms with Crippen LogP contribution in [0.4, 0.5) is 0 Å². The van der Waals surface area contributed by atoms with Crippen molar-refractivity contribution in [2.45, 2.75) is 31.5 Å². The number of imidazole rings is 1. The number of carbonyl (C=O) groups excluding carboxylic acids is 1. The average Bonchev–Trinajstić information content (AvgIpc) is 3.20.